The molecule has 0 N–H and O–H groups in total. The maximum atomic E-state index is 12.8. The molecule has 0 amide bonds. The second-order valence-electron chi connectivity index (χ2n) is 7.42. The molecule has 6 nitrogen and oxygen atoms in total. The average Bonchev–Trinajstić information content (AvgIpc) is 3.32. The highest BCUT2D eigenvalue weighted by Crippen LogP contribution is 2.42. The molecule has 1 aromatic heterocycles. The Morgan fingerprint density at radius 3 is 2.67 bits per heavy atom. The van der Waals surface area contributed by atoms with Gasteiger partial charge in [0, 0.05) is 19.2 Å². The number of carbonyl (C=O) groups excluding carboxylic acids is 1. The quantitative estimate of drug-likeness (QED) is 0.595. The second-order valence-corrected chi connectivity index (χ2v) is 7.42. The first kappa shape index (κ1) is 18.5. The number of carbonyl (C=O) groups is 1. The van der Waals surface area contributed by atoms with E-state index in [0.717, 1.165) is 34.9 Å². The van der Waals surface area contributed by atoms with Gasteiger partial charge in [0.05, 0.1) is 18.2 Å². The number of ether oxygens (including phenoxy) is 3. The summed E-state index contributed by atoms with van der Waals surface area (Å²) in [5.74, 6) is 3.65. The van der Waals surface area contributed by atoms with E-state index in [1.165, 1.54) is 0 Å². The number of aryl methyl sites for hydroxylation is 1. The van der Waals surface area contributed by atoms with Gasteiger partial charge in [0.2, 0.25) is 5.78 Å². The molecule has 2 aromatic carbocycles. The minimum Gasteiger partial charge on any atom is -0.497 e. The number of fused-ring (bicyclic) bond motifs is 3. The lowest BCUT2D eigenvalue weighted by atomic mass is 10.0. The molecule has 0 radical (unpaired) electrons. The molecule has 6 heteroatoms. The molecule has 0 saturated heterocycles. The molecule has 30 heavy (non-hydrogen) atoms. The Balaban J connectivity index is 1.39. The largest absolute Gasteiger partial charge is 0.497 e. The summed E-state index contributed by atoms with van der Waals surface area (Å²) in [6, 6.07) is 15.3. The van der Waals surface area contributed by atoms with Gasteiger partial charge in [0.1, 0.15) is 35.5 Å². The smallest absolute Gasteiger partial charge is 0.232 e. The van der Waals surface area contributed by atoms with Crippen molar-refractivity contribution >= 4 is 11.9 Å². The van der Waals surface area contributed by atoms with E-state index in [1.54, 1.807) is 19.3 Å². The highest BCUT2D eigenvalue weighted by atomic mass is 16.5. The molecule has 3 aromatic rings. The number of furan rings is 1. The van der Waals surface area contributed by atoms with Gasteiger partial charge in [-0.25, -0.2) is 0 Å². The number of nitrogens with zero attached hydrogens (tertiary/aromatic N) is 1. The third kappa shape index (κ3) is 3.35. The summed E-state index contributed by atoms with van der Waals surface area (Å²) in [5, 5.41) is 0. The van der Waals surface area contributed by atoms with E-state index in [1.807, 2.05) is 49.4 Å². The predicted octanol–water partition coefficient (Wildman–Crippen LogP) is 4.56. The molecule has 0 spiro atoms. The summed E-state index contributed by atoms with van der Waals surface area (Å²) < 4.78 is 22.7. The van der Waals surface area contributed by atoms with Crippen LogP contribution in [0.25, 0.3) is 6.08 Å². The van der Waals surface area contributed by atoms with Crippen LogP contribution in [0.1, 0.15) is 33.0 Å². The van der Waals surface area contributed by atoms with Gasteiger partial charge < -0.3 is 18.6 Å². The fraction of sp³-hybridized carbons (Fsp3) is 0.208. The molecule has 0 saturated carbocycles. The van der Waals surface area contributed by atoms with Crippen molar-refractivity contribution in [2.24, 2.45) is 0 Å². The molecule has 152 valence electrons. The van der Waals surface area contributed by atoms with Crippen LogP contribution in [0.3, 0.4) is 0 Å². The number of rotatable bonds is 4. The van der Waals surface area contributed by atoms with Crippen molar-refractivity contribution in [1.29, 1.82) is 0 Å². The van der Waals surface area contributed by atoms with E-state index in [4.69, 9.17) is 18.6 Å². The maximum absolute atomic E-state index is 12.8. The lowest BCUT2D eigenvalue weighted by Crippen LogP contribution is -2.31. The van der Waals surface area contributed by atoms with E-state index in [-0.39, 0.29) is 11.5 Å². The normalized spacial score (nSPS) is 16.7. The third-order valence-electron chi connectivity index (χ3n) is 5.28. The van der Waals surface area contributed by atoms with Crippen LogP contribution in [0, 0.1) is 6.92 Å². The third-order valence-corrected chi connectivity index (χ3v) is 5.28. The lowest BCUT2D eigenvalue weighted by molar-refractivity contribution is 0.0872. The van der Waals surface area contributed by atoms with Crippen LogP contribution in [0.5, 0.6) is 17.2 Å². The van der Waals surface area contributed by atoms with Gasteiger partial charge in [-0.2, -0.15) is 0 Å². The zero-order valence-corrected chi connectivity index (χ0v) is 16.8. The molecule has 0 aliphatic carbocycles. The molecule has 3 heterocycles. The topological polar surface area (TPSA) is 61.1 Å². The molecule has 2 aliphatic heterocycles. The SMILES string of the molecule is COc1ccc(CN2COc3ccc4c(c3C2)O/C(=C\c2ccc(C)o2)C4=O)cc1. The first-order valence-corrected chi connectivity index (χ1v) is 9.75. The van der Waals surface area contributed by atoms with Gasteiger partial charge in [0.15, 0.2) is 5.76 Å². The van der Waals surface area contributed by atoms with Crippen molar-refractivity contribution in [1.82, 2.24) is 4.90 Å². The van der Waals surface area contributed by atoms with Crippen LogP contribution < -0.4 is 14.2 Å². The average molecular weight is 403 g/mol. The molecule has 0 fully saturated rings. The second kappa shape index (κ2) is 7.39. The fourth-order valence-corrected chi connectivity index (χ4v) is 3.76. The minimum atomic E-state index is -0.144. The van der Waals surface area contributed by atoms with E-state index < -0.39 is 0 Å². The highest BCUT2D eigenvalue weighted by Gasteiger charge is 2.33. The standard InChI is InChI=1S/C24H21NO5/c1-15-3-6-18(29-15)11-22-23(26)19-9-10-21-20(24(19)30-22)13-25(14-28-21)12-16-4-7-17(27-2)8-5-16/h3-11H,12-14H2,1-2H3/b22-11-. The number of methoxy groups -OCH3 is 1. The lowest BCUT2D eigenvalue weighted by Gasteiger charge is -2.29. The Hall–Kier alpha value is -3.51. The van der Waals surface area contributed by atoms with Gasteiger partial charge in [-0.3, -0.25) is 9.69 Å². The molecule has 5 rings (SSSR count). The Morgan fingerprint density at radius 1 is 1.10 bits per heavy atom. The first-order chi connectivity index (χ1) is 14.6. The molecule has 0 unspecified atom stereocenters. The zero-order chi connectivity index (χ0) is 20.7. The van der Waals surface area contributed by atoms with E-state index >= 15 is 0 Å². The van der Waals surface area contributed by atoms with Crippen molar-refractivity contribution in [3.05, 3.63) is 82.5 Å². The first-order valence-electron chi connectivity index (χ1n) is 9.75. The number of allylic oxidation sites excluding steroid dienone is 1. The summed E-state index contributed by atoms with van der Waals surface area (Å²) in [4.78, 5) is 15.0. The monoisotopic (exact) mass is 403 g/mol. The highest BCUT2D eigenvalue weighted by molar-refractivity contribution is 6.14. The van der Waals surface area contributed by atoms with E-state index in [0.29, 0.717) is 30.3 Å². The van der Waals surface area contributed by atoms with Crippen molar-refractivity contribution in [2.75, 3.05) is 13.8 Å². The molecule has 0 bridgehead atoms. The molecule has 2 aliphatic rings. The number of Topliss-reactive ketones (excluding diaryl/α,β-unsaturated/α-hetero) is 1. The van der Waals surface area contributed by atoms with Gasteiger partial charge in [-0.1, -0.05) is 12.1 Å². The summed E-state index contributed by atoms with van der Waals surface area (Å²) in [5.41, 5.74) is 2.60. The van der Waals surface area contributed by atoms with Crippen LogP contribution in [0.4, 0.5) is 0 Å². The minimum absolute atomic E-state index is 0.144. The van der Waals surface area contributed by atoms with E-state index in [9.17, 15) is 4.79 Å². The Morgan fingerprint density at radius 2 is 1.93 bits per heavy atom. The number of benzene rings is 2. The number of hydrogen-bond donors (Lipinski definition) is 0. The van der Waals surface area contributed by atoms with Crippen molar-refractivity contribution in [3.63, 3.8) is 0 Å². The van der Waals surface area contributed by atoms with Gasteiger partial charge in [-0.15, -0.1) is 0 Å². The van der Waals surface area contributed by atoms with Crippen molar-refractivity contribution in [2.45, 2.75) is 20.0 Å². The predicted molar refractivity (Wildman–Crippen MR) is 111 cm³/mol. The van der Waals surface area contributed by atoms with Crippen LogP contribution in [0.15, 0.2) is 58.7 Å². The van der Waals surface area contributed by atoms with Crippen LogP contribution >= 0.6 is 0 Å². The zero-order valence-electron chi connectivity index (χ0n) is 16.8. The Labute approximate surface area is 174 Å². The van der Waals surface area contributed by atoms with Crippen LogP contribution in [-0.4, -0.2) is 24.5 Å². The van der Waals surface area contributed by atoms with Gasteiger partial charge in [0.25, 0.3) is 0 Å². The fourth-order valence-electron chi connectivity index (χ4n) is 3.76. The summed E-state index contributed by atoms with van der Waals surface area (Å²) in [7, 11) is 1.65. The van der Waals surface area contributed by atoms with Gasteiger partial charge >= 0.3 is 0 Å². The number of hydrogen-bond acceptors (Lipinski definition) is 6. The van der Waals surface area contributed by atoms with Crippen molar-refractivity contribution < 1.29 is 23.4 Å². The Kier molecular flexibility index (Phi) is 4.56. The maximum Gasteiger partial charge on any atom is 0.232 e. The summed E-state index contributed by atoms with van der Waals surface area (Å²) in [6.45, 7) is 3.68. The van der Waals surface area contributed by atoms with Gasteiger partial charge in [-0.05, 0) is 48.9 Å². The molecule has 0 atom stereocenters. The summed E-state index contributed by atoms with van der Waals surface area (Å²) >= 11 is 0. The van der Waals surface area contributed by atoms with E-state index in [2.05, 4.69) is 4.90 Å². The Bertz CT molecular complexity index is 1140. The van der Waals surface area contributed by atoms with Crippen LogP contribution in [-0.2, 0) is 13.1 Å². The van der Waals surface area contributed by atoms with Crippen LogP contribution in [0.2, 0.25) is 0 Å². The van der Waals surface area contributed by atoms with Crippen molar-refractivity contribution in [3.8, 4) is 17.2 Å². The number of ketones is 1. The summed E-state index contributed by atoms with van der Waals surface area (Å²) in [6.07, 6.45) is 1.64. The molecular formula is C24H21NO5. The molecular weight excluding hydrogens is 382 g/mol.